The number of phenolic OH excluding ortho intramolecular Hbond substituents is 1. The summed E-state index contributed by atoms with van der Waals surface area (Å²) in [6, 6.07) is 8.83. The van der Waals surface area contributed by atoms with E-state index in [0.717, 1.165) is 10.0 Å². The molecule has 1 N–H and O–H groups in total. The molecule has 2 rings (SSSR count). The normalized spacial score (nSPS) is 10.7. The van der Waals surface area contributed by atoms with Crippen LogP contribution >= 0.6 is 27.5 Å². The second-order valence-electron chi connectivity index (χ2n) is 4.74. The lowest BCUT2D eigenvalue weighted by Gasteiger charge is -2.18. The standard InChI is InChI=1S/C16H14BrClN4O/c1-3-22(16-13(8-19)10(2)6-15(18)21-16)20-9-11-7-12(17)4-5-14(11)23/h4-7,9,23H,3H2,1-2H3/b20-9+. The van der Waals surface area contributed by atoms with E-state index in [1.165, 1.54) is 6.21 Å². The van der Waals surface area contributed by atoms with Crippen LogP contribution in [-0.2, 0) is 0 Å². The van der Waals surface area contributed by atoms with Crippen molar-refractivity contribution in [3.63, 3.8) is 0 Å². The van der Waals surface area contributed by atoms with Crippen molar-refractivity contribution in [1.29, 1.82) is 5.26 Å². The molecule has 23 heavy (non-hydrogen) atoms. The Morgan fingerprint density at radius 3 is 2.87 bits per heavy atom. The van der Waals surface area contributed by atoms with Gasteiger partial charge in [0, 0.05) is 16.6 Å². The van der Waals surface area contributed by atoms with Crippen LogP contribution in [0.15, 0.2) is 33.8 Å². The number of aromatic hydroxyl groups is 1. The number of anilines is 1. The van der Waals surface area contributed by atoms with Crippen LogP contribution in [0.3, 0.4) is 0 Å². The molecule has 7 heteroatoms. The van der Waals surface area contributed by atoms with Crippen molar-refractivity contribution >= 4 is 39.6 Å². The molecule has 0 fully saturated rings. The zero-order valence-corrected chi connectivity index (χ0v) is 14.9. The first-order chi connectivity index (χ1) is 11.0. The van der Waals surface area contributed by atoms with Gasteiger partial charge in [-0.25, -0.2) is 9.99 Å². The van der Waals surface area contributed by atoms with E-state index in [4.69, 9.17) is 11.6 Å². The van der Waals surface area contributed by atoms with Crippen LogP contribution in [0.5, 0.6) is 5.75 Å². The molecule has 0 amide bonds. The fourth-order valence-electron chi connectivity index (χ4n) is 1.99. The number of aromatic nitrogens is 1. The van der Waals surface area contributed by atoms with E-state index in [0.29, 0.717) is 28.6 Å². The summed E-state index contributed by atoms with van der Waals surface area (Å²) in [7, 11) is 0. The van der Waals surface area contributed by atoms with Gasteiger partial charge in [-0.3, -0.25) is 0 Å². The van der Waals surface area contributed by atoms with Crippen LogP contribution in [0.25, 0.3) is 0 Å². The van der Waals surface area contributed by atoms with Crippen molar-refractivity contribution < 1.29 is 5.11 Å². The van der Waals surface area contributed by atoms with E-state index in [2.05, 4.69) is 32.1 Å². The topological polar surface area (TPSA) is 72.5 Å². The van der Waals surface area contributed by atoms with Gasteiger partial charge in [-0.15, -0.1) is 0 Å². The molecule has 0 saturated carbocycles. The van der Waals surface area contributed by atoms with E-state index in [1.54, 1.807) is 36.2 Å². The zero-order chi connectivity index (χ0) is 17.0. The summed E-state index contributed by atoms with van der Waals surface area (Å²) in [6.07, 6.45) is 1.52. The van der Waals surface area contributed by atoms with Crippen LogP contribution in [0.4, 0.5) is 5.82 Å². The highest BCUT2D eigenvalue weighted by molar-refractivity contribution is 9.10. The minimum atomic E-state index is 0.115. The van der Waals surface area contributed by atoms with Crippen molar-refractivity contribution in [2.45, 2.75) is 13.8 Å². The second-order valence-corrected chi connectivity index (χ2v) is 6.04. The molecule has 0 aliphatic rings. The third kappa shape index (κ3) is 4.01. The Morgan fingerprint density at radius 2 is 2.22 bits per heavy atom. The number of hydrogen-bond acceptors (Lipinski definition) is 5. The van der Waals surface area contributed by atoms with Gasteiger partial charge in [0.15, 0.2) is 5.82 Å². The number of aryl methyl sites for hydroxylation is 1. The van der Waals surface area contributed by atoms with Gasteiger partial charge >= 0.3 is 0 Å². The van der Waals surface area contributed by atoms with Gasteiger partial charge in [0.1, 0.15) is 17.0 Å². The Kier molecular flexibility index (Phi) is 5.59. The van der Waals surface area contributed by atoms with Gasteiger partial charge < -0.3 is 5.11 Å². The number of benzene rings is 1. The molecule has 0 aliphatic heterocycles. The molecule has 118 valence electrons. The molecule has 0 saturated heterocycles. The van der Waals surface area contributed by atoms with Crippen LogP contribution in [0.2, 0.25) is 5.15 Å². The largest absolute Gasteiger partial charge is 0.507 e. The first kappa shape index (κ1) is 17.3. The maximum Gasteiger partial charge on any atom is 0.168 e. The predicted octanol–water partition coefficient (Wildman–Crippen LogP) is 4.24. The Labute approximate surface area is 148 Å². The van der Waals surface area contributed by atoms with Gasteiger partial charge in [0.25, 0.3) is 0 Å². The minimum absolute atomic E-state index is 0.115. The fraction of sp³-hybridized carbons (Fsp3) is 0.188. The van der Waals surface area contributed by atoms with Crippen molar-refractivity contribution in [2.24, 2.45) is 5.10 Å². The molecule has 0 aliphatic carbocycles. The summed E-state index contributed by atoms with van der Waals surface area (Å²) >= 11 is 9.35. The molecular formula is C16H14BrClN4O. The van der Waals surface area contributed by atoms with Crippen molar-refractivity contribution in [2.75, 3.05) is 11.6 Å². The summed E-state index contributed by atoms with van der Waals surface area (Å²) in [5, 5.41) is 25.4. The maximum absolute atomic E-state index is 9.86. The van der Waals surface area contributed by atoms with Crippen LogP contribution < -0.4 is 5.01 Å². The zero-order valence-electron chi connectivity index (χ0n) is 12.6. The molecule has 0 spiro atoms. The number of rotatable bonds is 4. The molecule has 5 nitrogen and oxygen atoms in total. The van der Waals surface area contributed by atoms with Gasteiger partial charge in [-0.1, -0.05) is 27.5 Å². The molecule has 2 aromatic rings. The highest BCUT2D eigenvalue weighted by Crippen LogP contribution is 2.25. The highest BCUT2D eigenvalue weighted by atomic mass is 79.9. The van der Waals surface area contributed by atoms with E-state index in [9.17, 15) is 10.4 Å². The number of phenols is 1. The highest BCUT2D eigenvalue weighted by Gasteiger charge is 2.14. The summed E-state index contributed by atoms with van der Waals surface area (Å²) in [4.78, 5) is 4.21. The van der Waals surface area contributed by atoms with E-state index >= 15 is 0 Å². The average Bonchev–Trinajstić information content (AvgIpc) is 2.50. The summed E-state index contributed by atoms with van der Waals surface area (Å²) in [5.41, 5.74) is 1.71. The molecular weight excluding hydrogens is 380 g/mol. The number of nitrogens with zero attached hydrogens (tertiary/aromatic N) is 4. The van der Waals surface area contributed by atoms with Gasteiger partial charge in [-0.05, 0) is 43.7 Å². The first-order valence-electron chi connectivity index (χ1n) is 6.83. The molecule has 1 aromatic heterocycles. The summed E-state index contributed by atoms with van der Waals surface area (Å²) in [5.74, 6) is 0.509. The Hall–Kier alpha value is -2.10. The molecule has 0 atom stereocenters. The Balaban J connectivity index is 2.43. The lowest BCUT2D eigenvalue weighted by molar-refractivity contribution is 0.474. The van der Waals surface area contributed by atoms with Crippen LogP contribution in [0.1, 0.15) is 23.6 Å². The number of halogens is 2. The second kappa shape index (κ2) is 7.44. The van der Waals surface area contributed by atoms with E-state index in [1.807, 2.05) is 6.92 Å². The SMILES string of the molecule is CCN(/N=C/c1cc(Br)ccc1O)c1nc(Cl)cc(C)c1C#N. The number of nitriles is 1. The number of hydrogen-bond donors (Lipinski definition) is 1. The van der Waals surface area contributed by atoms with Crippen molar-refractivity contribution in [3.8, 4) is 11.8 Å². The van der Waals surface area contributed by atoms with Crippen LogP contribution in [-0.4, -0.2) is 22.8 Å². The summed E-state index contributed by atoms with van der Waals surface area (Å²) in [6.45, 7) is 4.18. The Morgan fingerprint density at radius 1 is 1.48 bits per heavy atom. The average molecular weight is 394 g/mol. The fourth-order valence-corrected chi connectivity index (χ4v) is 2.61. The minimum Gasteiger partial charge on any atom is -0.507 e. The molecule has 1 aromatic carbocycles. The summed E-state index contributed by atoms with van der Waals surface area (Å²) < 4.78 is 0.828. The van der Waals surface area contributed by atoms with E-state index < -0.39 is 0 Å². The van der Waals surface area contributed by atoms with Gasteiger partial charge in [0.2, 0.25) is 0 Å². The maximum atomic E-state index is 9.86. The Bertz CT molecular complexity index is 801. The lowest BCUT2D eigenvalue weighted by atomic mass is 10.1. The third-order valence-electron chi connectivity index (χ3n) is 3.15. The van der Waals surface area contributed by atoms with Crippen molar-refractivity contribution in [3.05, 3.63) is 50.6 Å². The molecule has 0 bridgehead atoms. The smallest absolute Gasteiger partial charge is 0.168 e. The molecule has 0 radical (unpaired) electrons. The number of hydrazone groups is 1. The monoisotopic (exact) mass is 392 g/mol. The first-order valence-corrected chi connectivity index (χ1v) is 8.00. The van der Waals surface area contributed by atoms with Crippen molar-refractivity contribution in [1.82, 2.24) is 4.98 Å². The van der Waals surface area contributed by atoms with E-state index in [-0.39, 0.29) is 5.75 Å². The lowest BCUT2D eigenvalue weighted by Crippen LogP contribution is -2.19. The third-order valence-corrected chi connectivity index (χ3v) is 3.83. The quantitative estimate of drug-likeness (QED) is 0.479. The molecule has 1 heterocycles. The van der Waals surface area contributed by atoms with Gasteiger partial charge in [0.05, 0.1) is 11.8 Å². The van der Waals surface area contributed by atoms with Crippen LogP contribution in [0, 0.1) is 18.3 Å². The predicted molar refractivity (Wildman–Crippen MR) is 95.1 cm³/mol. The van der Waals surface area contributed by atoms with Gasteiger partial charge in [-0.2, -0.15) is 10.4 Å². The number of pyridine rings is 1. The molecule has 0 unspecified atom stereocenters.